The molecule has 0 radical (unpaired) electrons. The number of rotatable bonds is 8. The number of nitrogens with zero attached hydrogens (tertiary/aromatic N) is 1. The van der Waals surface area contributed by atoms with Crippen LogP contribution in [0.25, 0.3) is 0 Å². The molecule has 0 spiro atoms. The number of thioether (sulfide) groups is 1. The minimum absolute atomic E-state index is 0.0870. The monoisotopic (exact) mass is 385 g/mol. The van der Waals surface area contributed by atoms with Gasteiger partial charge >= 0.3 is 0 Å². The summed E-state index contributed by atoms with van der Waals surface area (Å²) in [6, 6.07) is 7.14. The number of halogens is 1. The predicted molar refractivity (Wildman–Crippen MR) is 99.2 cm³/mol. The van der Waals surface area contributed by atoms with Crippen molar-refractivity contribution in [3.05, 3.63) is 35.3 Å². The molecule has 24 heavy (non-hydrogen) atoms. The van der Waals surface area contributed by atoms with Crippen LogP contribution in [-0.2, 0) is 15.3 Å². The van der Waals surface area contributed by atoms with Crippen LogP contribution in [0.2, 0.25) is 0 Å². The number of aromatic nitrogens is 1. The topological polar surface area (TPSA) is 80.3 Å². The van der Waals surface area contributed by atoms with Gasteiger partial charge in [0.25, 0.3) is 0 Å². The molecule has 0 aliphatic heterocycles. The first kappa shape index (κ1) is 18.6. The molecular formula is C15H16ClN3O3S2. The van der Waals surface area contributed by atoms with Gasteiger partial charge in [0.1, 0.15) is 11.6 Å². The molecule has 0 aliphatic rings. The van der Waals surface area contributed by atoms with Gasteiger partial charge in [-0.05, 0) is 24.3 Å². The molecule has 0 saturated carbocycles. The van der Waals surface area contributed by atoms with Crippen LogP contribution in [0.1, 0.15) is 5.69 Å². The number of methoxy groups -OCH3 is 1. The summed E-state index contributed by atoms with van der Waals surface area (Å²) < 4.78 is 5.06. The lowest BCUT2D eigenvalue weighted by Gasteiger charge is -2.05. The van der Waals surface area contributed by atoms with Crippen molar-refractivity contribution in [2.45, 2.75) is 5.75 Å². The Bertz CT molecular complexity index is 692. The van der Waals surface area contributed by atoms with Crippen LogP contribution in [0.5, 0.6) is 5.75 Å². The second-order valence-electron chi connectivity index (χ2n) is 4.60. The molecule has 1 aromatic heterocycles. The van der Waals surface area contributed by atoms with Gasteiger partial charge in [0, 0.05) is 16.8 Å². The van der Waals surface area contributed by atoms with Gasteiger partial charge < -0.3 is 15.4 Å². The van der Waals surface area contributed by atoms with Crippen LogP contribution in [0.3, 0.4) is 0 Å². The maximum atomic E-state index is 11.9. The highest BCUT2D eigenvalue weighted by Gasteiger charge is 2.07. The van der Waals surface area contributed by atoms with Crippen molar-refractivity contribution in [1.82, 2.24) is 4.98 Å². The van der Waals surface area contributed by atoms with Crippen LogP contribution < -0.4 is 15.4 Å². The van der Waals surface area contributed by atoms with Crippen molar-refractivity contribution in [1.29, 1.82) is 0 Å². The van der Waals surface area contributed by atoms with E-state index < -0.39 is 0 Å². The third-order valence-electron chi connectivity index (χ3n) is 2.78. The zero-order chi connectivity index (χ0) is 17.4. The summed E-state index contributed by atoms with van der Waals surface area (Å²) in [5.41, 5.74) is 1.54. The minimum Gasteiger partial charge on any atom is -0.497 e. The molecular weight excluding hydrogens is 370 g/mol. The highest BCUT2D eigenvalue weighted by atomic mass is 35.5. The van der Waals surface area contributed by atoms with E-state index in [1.807, 2.05) is 5.38 Å². The zero-order valence-electron chi connectivity index (χ0n) is 12.9. The third kappa shape index (κ3) is 6.03. The SMILES string of the molecule is COc1ccc(NC(=O)CSCc2csc(NC(=O)CCl)n2)cc1. The lowest BCUT2D eigenvalue weighted by atomic mass is 10.3. The van der Waals surface area contributed by atoms with Gasteiger partial charge in [-0.3, -0.25) is 9.59 Å². The Labute approximate surface area is 153 Å². The molecule has 2 rings (SSSR count). The van der Waals surface area contributed by atoms with Gasteiger partial charge in [-0.2, -0.15) is 0 Å². The van der Waals surface area contributed by atoms with E-state index in [0.29, 0.717) is 16.6 Å². The number of hydrogen-bond donors (Lipinski definition) is 2. The maximum absolute atomic E-state index is 11.9. The minimum atomic E-state index is -0.288. The molecule has 9 heteroatoms. The highest BCUT2D eigenvalue weighted by Crippen LogP contribution is 2.20. The van der Waals surface area contributed by atoms with Gasteiger partial charge in [0.15, 0.2) is 5.13 Å². The molecule has 1 heterocycles. The van der Waals surface area contributed by atoms with Gasteiger partial charge in [-0.15, -0.1) is 34.7 Å². The fraction of sp³-hybridized carbons (Fsp3) is 0.267. The van der Waals surface area contributed by atoms with E-state index >= 15 is 0 Å². The summed E-state index contributed by atoms with van der Waals surface area (Å²) in [7, 11) is 1.59. The fourth-order valence-corrected chi connectivity index (χ4v) is 3.32. The van der Waals surface area contributed by atoms with E-state index in [-0.39, 0.29) is 17.7 Å². The Balaban J connectivity index is 1.73. The number of ether oxygens (including phenoxy) is 1. The molecule has 2 N–H and O–H groups in total. The van der Waals surface area contributed by atoms with E-state index in [4.69, 9.17) is 16.3 Å². The van der Waals surface area contributed by atoms with E-state index in [9.17, 15) is 9.59 Å². The second-order valence-corrected chi connectivity index (χ2v) is 6.71. The maximum Gasteiger partial charge on any atom is 0.241 e. The largest absolute Gasteiger partial charge is 0.497 e. The van der Waals surface area contributed by atoms with Crippen molar-refractivity contribution in [3.8, 4) is 5.75 Å². The van der Waals surface area contributed by atoms with E-state index in [1.54, 1.807) is 31.4 Å². The van der Waals surface area contributed by atoms with Gasteiger partial charge in [0.05, 0.1) is 18.6 Å². The van der Waals surface area contributed by atoms with Crippen molar-refractivity contribution in [2.24, 2.45) is 0 Å². The predicted octanol–water partition coefficient (Wildman–Crippen LogP) is 3.20. The highest BCUT2D eigenvalue weighted by molar-refractivity contribution is 7.99. The summed E-state index contributed by atoms with van der Waals surface area (Å²) in [5.74, 6) is 1.16. The first-order chi connectivity index (χ1) is 11.6. The van der Waals surface area contributed by atoms with Gasteiger partial charge in [0.2, 0.25) is 11.8 Å². The van der Waals surface area contributed by atoms with Crippen molar-refractivity contribution in [3.63, 3.8) is 0 Å². The van der Waals surface area contributed by atoms with Crippen LogP contribution in [-0.4, -0.2) is 35.5 Å². The molecule has 0 atom stereocenters. The first-order valence-electron chi connectivity index (χ1n) is 6.92. The number of thiazole rings is 1. The standard InChI is InChI=1S/C15H16ClN3O3S2/c1-22-12-4-2-10(3-5-12)17-14(21)9-23-7-11-8-24-15(18-11)19-13(20)6-16/h2-5,8H,6-7,9H2,1H3,(H,17,21)(H,18,19,20). The number of amides is 2. The number of carbonyl (C=O) groups excluding carboxylic acids is 2. The number of carbonyl (C=O) groups is 2. The molecule has 128 valence electrons. The van der Waals surface area contributed by atoms with Crippen molar-refractivity contribution < 1.29 is 14.3 Å². The Morgan fingerprint density at radius 2 is 2.00 bits per heavy atom. The number of nitrogens with one attached hydrogen (secondary N) is 2. The molecule has 2 amide bonds. The number of benzene rings is 1. The van der Waals surface area contributed by atoms with Crippen LogP contribution >= 0.6 is 34.7 Å². The first-order valence-corrected chi connectivity index (χ1v) is 9.49. The summed E-state index contributed by atoms with van der Waals surface area (Å²) >= 11 is 8.20. The van der Waals surface area contributed by atoms with E-state index in [1.165, 1.54) is 23.1 Å². The summed E-state index contributed by atoms with van der Waals surface area (Å²) in [6.45, 7) is 0. The van der Waals surface area contributed by atoms with Crippen LogP contribution in [0.4, 0.5) is 10.8 Å². The summed E-state index contributed by atoms with van der Waals surface area (Å²) in [6.07, 6.45) is 0. The molecule has 2 aromatic rings. The molecule has 0 aliphatic carbocycles. The lowest BCUT2D eigenvalue weighted by Crippen LogP contribution is -2.14. The average Bonchev–Trinajstić information content (AvgIpc) is 3.02. The number of anilines is 2. The smallest absolute Gasteiger partial charge is 0.241 e. The van der Waals surface area contributed by atoms with Crippen LogP contribution in [0.15, 0.2) is 29.6 Å². The molecule has 0 bridgehead atoms. The quantitative estimate of drug-likeness (QED) is 0.682. The average molecular weight is 386 g/mol. The molecule has 0 unspecified atom stereocenters. The zero-order valence-corrected chi connectivity index (χ0v) is 15.3. The number of alkyl halides is 1. The molecule has 6 nitrogen and oxygen atoms in total. The normalized spacial score (nSPS) is 10.2. The lowest BCUT2D eigenvalue weighted by molar-refractivity contribution is -0.114. The summed E-state index contributed by atoms with van der Waals surface area (Å²) in [4.78, 5) is 27.3. The third-order valence-corrected chi connectivity index (χ3v) is 4.79. The van der Waals surface area contributed by atoms with Gasteiger partial charge in [-0.25, -0.2) is 4.98 Å². The van der Waals surface area contributed by atoms with Crippen molar-refractivity contribution in [2.75, 3.05) is 29.4 Å². The van der Waals surface area contributed by atoms with E-state index in [2.05, 4.69) is 15.6 Å². The molecule has 0 saturated heterocycles. The second kappa shape index (κ2) is 9.51. The fourth-order valence-electron chi connectivity index (χ4n) is 1.70. The van der Waals surface area contributed by atoms with Crippen LogP contribution in [0, 0.1) is 0 Å². The number of hydrogen-bond acceptors (Lipinski definition) is 6. The summed E-state index contributed by atoms with van der Waals surface area (Å²) in [5, 5.41) is 7.76. The Morgan fingerprint density at radius 1 is 1.25 bits per heavy atom. The molecule has 1 aromatic carbocycles. The van der Waals surface area contributed by atoms with Crippen molar-refractivity contribution >= 4 is 57.3 Å². The molecule has 0 fully saturated rings. The van der Waals surface area contributed by atoms with E-state index in [0.717, 1.165) is 17.1 Å². The Kier molecular flexibility index (Phi) is 7.36. The Morgan fingerprint density at radius 3 is 2.67 bits per heavy atom. The van der Waals surface area contributed by atoms with Gasteiger partial charge in [-0.1, -0.05) is 0 Å². The Hall–Kier alpha value is -1.77.